The van der Waals surface area contributed by atoms with Crippen molar-refractivity contribution in [1.29, 1.82) is 0 Å². The molecule has 3 N–H and O–H groups in total. The number of benzene rings is 2. The second-order valence-electron chi connectivity index (χ2n) is 5.67. The van der Waals surface area contributed by atoms with E-state index in [2.05, 4.69) is 5.32 Å². The average Bonchev–Trinajstić information content (AvgIpc) is 2.45. The molecular weight excluding hydrogens is 312 g/mol. The Hall–Kier alpha value is -2.18. The Kier molecular flexibility index (Phi) is 4.87. The van der Waals surface area contributed by atoms with Gasteiger partial charge in [0.15, 0.2) is 0 Å². The zero-order valence-electron chi connectivity index (χ0n) is 13.4. The number of anilines is 1. The fourth-order valence-corrected chi connectivity index (χ4v) is 2.83. The summed E-state index contributed by atoms with van der Waals surface area (Å²) < 4.78 is 23.0. The summed E-state index contributed by atoms with van der Waals surface area (Å²) in [7, 11) is -3.82. The molecule has 0 radical (unpaired) electrons. The molecule has 0 aliphatic carbocycles. The Balaban J connectivity index is 2.23. The molecule has 6 heteroatoms. The highest BCUT2D eigenvalue weighted by atomic mass is 32.2. The lowest BCUT2D eigenvalue weighted by molar-refractivity contribution is -0.115. The number of nitrogens with two attached hydrogens (primary N) is 1. The van der Waals surface area contributed by atoms with E-state index in [4.69, 9.17) is 5.14 Å². The van der Waals surface area contributed by atoms with Crippen molar-refractivity contribution >= 4 is 21.6 Å². The monoisotopic (exact) mass is 332 g/mol. The van der Waals surface area contributed by atoms with Gasteiger partial charge >= 0.3 is 0 Å². The highest BCUT2D eigenvalue weighted by Gasteiger charge is 2.14. The van der Waals surface area contributed by atoms with Crippen LogP contribution in [-0.2, 0) is 21.2 Å². The van der Waals surface area contributed by atoms with Gasteiger partial charge in [-0.05, 0) is 49.6 Å². The predicted octanol–water partition coefficient (Wildman–Crippen LogP) is 2.44. The van der Waals surface area contributed by atoms with Gasteiger partial charge in [0.1, 0.15) is 0 Å². The number of primary sulfonamides is 1. The maximum atomic E-state index is 12.2. The van der Waals surface area contributed by atoms with Crippen LogP contribution in [0.1, 0.15) is 22.3 Å². The van der Waals surface area contributed by atoms with Crippen molar-refractivity contribution in [3.8, 4) is 0 Å². The number of nitrogens with one attached hydrogen (secondary N) is 1. The number of carbonyl (C=O) groups excluding carboxylic acids is 1. The number of hydrogen-bond acceptors (Lipinski definition) is 3. The van der Waals surface area contributed by atoms with E-state index >= 15 is 0 Å². The maximum Gasteiger partial charge on any atom is 0.238 e. The minimum Gasteiger partial charge on any atom is -0.326 e. The third-order valence-corrected chi connectivity index (χ3v) is 4.62. The summed E-state index contributed by atoms with van der Waals surface area (Å²) >= 11 is 0. The van der Waals surface area contributed by atoms with Crippen LogP contribution in [0.4, 0.5) is 5.69 Å². The molecule has 1 amide bonds. The SMILES string of the molecule is Cc1ccc(CC(=O)Nc2cc(S(N)(=O)=O)cc(C)c2C)cc1. The summed E-state index contributed by atoms with van der Waals surface area (Å²) in [4.78, 5) is 12.2. The topological polar surface area (TPSA) is 89.3 Å². The molecule has 23 heavy (non-hydrogen) atoms. The van der Waals surface area contributed by atoms with E-state index in [9.17, 15) is 13.2 Å². The minimum absolute atomic E-state index is 0.00811. The van der Waals surface area contributed by atoms with E-state index in [-0.39, 0.29) is 17.2 Å². The standard InChI is InChI=1S/C17H20N2O3S/c1-11-4-6-14(7-5-11)9-17(20)19-16-10-15(23(18,21)22)8-12(2)13(16)3/h4-8,10H,9H2,1-3H3,(H,19,20)(H2,18,21,22). The highest BCUT2D eigenvalue weighted by Crippen LogP contribution is 2.23. The molecule has 2 aromatic carbocycles. The molecule has 5 nitrogen and oxygen atoms in total. The van der Waals surface area contributed by atoms with Crippen LogP contribution in [0.25, 0.3) is 0 Å². The number of amides is 1. The van der Waals surface area contributed by atoms with E-state index in [0.717, 1.165) is 22.3 Å². The molecule has 0 aromatic heterocycles. The van der Waals surface area contributed by atoms with E-state index in [1.807, 2.05) is 38.1 Å². The first-order valence-corrected chi connectivity index (χ1v) is 8.71. The zero-order chi connectivity index (χ0) is 17.2. The summed E-state index contributed by atoms with van der Waals surface area (Å²) in [6.07, 6.45) is 0.221. The van der Waals surface area contributed by atoms with Gasteiger partial charge in [0.2, 0.25) is 15.9 Å². The number of carbonyl (C=O) groups is 1. The summed E-state index contributed by atoms with van der Waals surface area (Å²) in [6.45, 7) is 5.58. The van der Waals surface area contributed by atoms with Crippen molar-refractivity contribution in [1.82, 2.24) is 0 Å². The lowest BCUT2D eigenvalue weighted by Crippen LogP contribution is -2.17. The third-order valence-electron chi connectivity index (χ3n) is 3.73. The van der Waals surface area contributed by atoms with Crippen molar-refractivity contribution in [2.45, 2.75) is 32.1 Å². The van der Waals surface area contributed by atoms with Crippen LogP contribution >= 0.6 is 0 Å². The number of aryl methyl sites for hydroxylation is 2. The molecule has 122 valence electrons. The van der Waals surface area contributed by atoms with Crippen LogP contribution in [0.3, 0.4) is 0 Å². The van der Waals surface area contributed by atoms with Gasteiger partial charge in [-0.1, -0.05) is 29.8 Å². The maximum absolute atomic E-state index is 12.2. The summed E-state index contributed by atoms with van der Waals surface area (Å²) in [5.41, 5.74) is 4.05. The lowest BCUT2D eigenvalue weighted by atomic mass is 10.1. The number of hydrogen-bond donors (Lipinski definition) is 2. The van der Waals surface area contributed by atoms with Gasteiger partial charge in [0.05, 0.1) is 11.3 Å². The Morgan fingerprint density at radius 1 is 1.09 bits per heavy atom. The van der Waals surface area contributed by atoms with E-state index in [1.165, 1.54) is 12.1 Å². The Morgan fingerprint density at radius 2 is 1.70 bits per heavy atom. The quantitative estimate of drug-likeness (QED) is 0.901. The second-order valence-corrected chi connectivity index (χ2v) is 7.23. The van der Waals surface area contributed by atoms with Crippen LogP contribution in [0.5, 0.6) is 0 Å². The number of rotatable bonds is 4. The number of sulfonamides is 1. The summed E-state index contributed by atoms with van der Waals surface area (Å²) in [5.74, 6) is -0.206. The first-order chi connectivity index (χ1) is 10.7. The molecule has 0 atom stereocenters. The molecule has 0 bridgehead atoms. The molecule has 0 saturated heterocycles. The van der Waals surface area contributed by atoms with Gasteiger partial charge in [0.25, 0.3) is 0 Å². The predicted molar refractivity (Wildman–Crippen MR) is 90.8 cm³/mol. The van der Waals surface area contributed by atoms with Crippen LogP contribution in [0.2, 0.25) is 0 Å². The second kappa shape index (κ2) is 6.52. The van der Waals surface area contributed by atoms with Gasteiger partial charge in [-0.3, -0.25) is 4.79 Å². The molecule has 0 unspecified atom stereocenters. The average molecular weight is 332 g/mol. The van der Waals surface area contributed by atoms with Crippen LogP contribution in [0, 0.1) is 20.8 Å². The Morgan fingerprint density at radius 3 is 2.26 bits per heavy atom. The molecule has 0 fully saturated rings. The Labute approximate surface area is 136 Å². The van der Waals surface area contributed by atoms with Crippen molar-refractivity contribution in [2.24, 2.45) is 5.14 Å². The highest BCUT2D eigenvalue weighted by molar-refractivity contribution is 7.89. The third kappa shape index (κ3) is 4.40. The van der Waals surface area contributed by atoms with Gasteiger partial charge in [-0.15, -0.1) is 0 Å². The smallest absolute Gasteiger partial charge is 0.238 e. The Bertz CT molecular complexity index is 841. The van der Waals surface area contributed by atoms with E-state index < -0.39 is 10.0 Å². The lowest BCUT2D eigenvalue weighted by Gasteiger charge is -2.13. The van der Waals surface area contributed by atoms with Crippen molar-refractivity contribution in [2.75, 3.05) is 5.32 Å². The van der Waals surface area contributed by atoms with Crippen LogP contribution < -0.4 is 10.5 Å². The first kappa shape index (κ1) is 17.2. The molecule has 0 heterocycles. The van der Waals surface area contributed by atoms with Crippen molar-refractivity contribution in [3.05, 3.63) is 58.7 Å². The van der Waals surface area contributed by atoms with Gasteiger partial charge in [-0.2, -0.15) is 0 Å². The molecule has 0 aliphatic heterocycles. The van der Waals surface area contributed by atoms with Crippen molar-refractivity contribution in [3.63, 3.8) is 0 Å². The van der Waals surface area contributed by atoms with Crippen molar-refractivity contribution < 1.29 is 13.2 Å². The fourth-order valence-electron chi connectivity index (χ4n) is 2.21. The molecular formula is C17H20N2O3S. The largest absolute Gasteiger partial charge is 0.326 e. The molecule has 0 spiro atoms. The van der Waals surface area contributed by atoms with Gasteiger partial charge in [0, 0.05) is 5.69 Å². The molecule has 0 aliphatic rings. The summed E-state index contributed by atoms with van der Waals surface area (Å²) in [6, 6.07) is 10.6. The van der Waals surface area contributed by atoms with E-state index in [1.54, 1.807) is 6.92 Å². The minimum atomic E-state index is -3.82. The molecule has 2 aromatic rings. The van der Waals surface area contributed by atoms with Crippen LogP contribution in [0.15, 0.2) is 41.3 Å². The fraction of sp³-hybridized carbons (Fsp3) is 0.235. The molecule has 0 saturated carbocycles. The van der Waals surface area contributed by atoms with Gasteiger partial charge in [-0.25, -0.2) is 13.6 Å². The summed E-state index contributed by atoms with van der Waals surface area (Å²) in [5, 5.41) is 7.94. The normalized spacial score (nSPS) is 11.3. The van der Waals surface area contributed by atoms with Crippen LogP contribution in [-0.4, -0.2) is 14.3 Å². The van der Waals surface area contributed by atoms with Gasteiger partial charge < -0.3 is 5.32 Å². The zero-order valence-corrected chi connectivity index (χ0v) is 14.2. The van der Waals surface area contributed by atoms with E-state index in [0.29, 0.717) is 5.69 Å². The first-order valence-electron chi connectivity index (χ1n) is 7.16. The molecule has 2 rings (SSSR count).